The number of hydrazine groups is 1. The van der Waals surface area contributed by atoms with Crippen LogP contribution in [0.4, 0.5) is 5.69 Å². The van der Waals surface area contributed by atoms with E-state index in [-0.39, 0.29) is 5.57 Å². The summed E-state index contributed by atoms with van der Waals surface area (Å²) >= 11 is 0. The summed E-state index contributed by atoms with van der Waals surface area (Å²) in [6.45, 7) is 3.70. The number of nitrogen functional groups attached to an aromatic ring is 1. The molecule has 2 aliphatic carbocycles. The number of hydrogen-bond donors (Lipinski definition) is 3. The highest BCUT2D eigenvalue weighted by atomic mass is 16.4. The molecule has 1 aromatic rings. The highest BCUT2D eigenvalue weighted by molar-refractivity contribution is 5.91. The largest absolute Gasteiger partial charge is 0.477 e. The Hall–Kier alpha value is -4.14. The Morgan fingerprint density at radius 3 is 2.06 bits per heavy atom. The number of nitrogens with zero attached hydrogens (tertiary/aromatic N) is 1. The Bertz CT molecular complexity index is 1090. The minimum absolute atomic E-state index is 0.288. The molecule has 0 atom stereocenters. The maximum absolute atomic E-state index is 10.8. The number of benzene rings is 2. The first-order valence-corrected chi connectivity index (χ1v) is 9.65. The Labute approximate surface area is 182 Å². The molecule has 156 valence electrons. The fourth-order valence-electron chi connectivity index (χ4n) is 2.55. The third-order valence-corrected chi connectivity index (χ3v) is 4.41. The summed E-state index contributed by atoms with van der Waals surface area (Å²) in [6.07, 6.45) is 12.6. The van der Waals surface area contributed by atoms with Gasteiger partial charge in [0.2, 0.25) is 0 Å². The molecule has 4 N–H and O–H groups in total. The lowest BCUT2D eigenvalue weighted by Gasteiger charge is -2.10. The number of hydrogen-bond acceptors (Lipinski definition) is 4. The molecule has 5 heteroatoms. The maximum Gasteiger partial charge on any atom is 0.346 e. The van der Waals surface area contributed by atoms with E-state index in [2.05, 4.69) is 29.7 Å². The fraction of sp³-hybridized carbons (Fsp3) is 0.0769. The van der Waals surface area contributed by atoms with Crippen molar-refractivity contribution in [2.75, 3.05) is 5.43 Å². The van der Waals surface area contributed by atoms with Crippen molar-refractivity contribution < 1.29 is 9.90 Å². The SMILES string of the molecule is CC(C=Cc1ccccc1NN)=CC=CC=C(C)C=C(C#N)C(=O)O.c1cc2ccc1-2. The average molecular weight is 412 g/mol. The van der Waals surface area contributed by atoms with Crippen LogP contribution in [0.2, 0.25) is 0 Å². The van der Waals surface area contributed by atoms with Gasteiger partial charge in [0.15, 0.2) is 0 Å². The lowest BCUT2D eigenvalue weighted by Crippen LogP contribution is -2.07. The summed E-state index contributed by atoms with van der Waals surface area (Å²) in [4.78, 5) is 10.8. The summed E-state index contributed by atoms with van der Waals surface area (Å²) < 4.78 is 0. The summed E-state index contributed by atoms with van der Waals surface area (Å²) in [5.41, 5.74) is 8.76. The Kier molecular flexibility index (Phi) is 8.78. The van der Waals surface area contributed by atoms with E-state index in [1.807, 2.05) is 55.5 Å². The summed E-state index contributed by atoms with van der Waals surface area (Å²) in [7, 11) is 0. The van der Waals surface area contributed by atoms with Gasteiger partial charge in [0.25, 0.3) is 0 Å². The van der Waals surface area contributed by atoms with Crippen LogP contribution in [0, 0.1) is 11.3 Å². The van der Waals surface area contributed by atoms with Gasteiger partial charge in [-0.2, -0.15) is 5.26 Å². The van der Waals surface area contributed by atoms with Crippen molar-refractivity contribution in [3.63, 3.8) is 0 Å². The molecule has 0 saturated carbocycles. The zero-order valence-electron chi connectivity index (χ0n) is 17.5. The smallest absolute Gasteiger partial charge is 0.346 e. The number of carboxylic acid groups (broad SMARTS) is 1. The number of carbonyl (C=O) groups is 1. The van der Waals surface area contributed by atoms with Gasteiger partial charge in [-0.15, -0.1) is 0 Å². The molecule has 0 amide bonds. The van der Waals surface area contributed by atoms with Crippen molar-refractivity contribution in [3.8, 4) is 17.2 Å². The number of carboxylic acids is 1. The quantitative estimate of drug-likeness (QED) is 0.154. The summed E-state index contributed by atoms with van der Waals surface area (Å²) in [5.74, 6) is 4.24. The second-order valence-electron chi connectivity index (χ2n) is 6.82. The second kappa shape index (κ2) is 11.8. The Morgan fingerprint density at radius 2 is 1.58 bits per heavy atom. The van der Waals surface area contributed by atoms with E-state index >= 15 is 0 Å². The molecule has 5 nitrogen and oxygen atoms in total. The molecule has 3 rings (SSSR count). The third-order valence-electron chi connectivity index (χ3n) is 4.41. The number of anilines is 1. The molecular formula is C26H25N3O2. The normalized spacial score (nSPS) is 12.9. The molecule has 2 aliphatic rings. The van der Waals surface area contributed by atoms with Crippen LogP contribution in [0.25, 0.3) is 17.2 Å². The van der Waals surface area contributed by atoms with Crippen LogP contribution in [0.3, 0.4) is 0 Å². The summed E-state index contributed by atoms with van der Waals surface area (Å²) in [5, 5.41) is 17.5. The number of rotatable bonds is 7. The molecule has 0 radical (unpaired) electrons. The molecular weight excluding hydrogens is 386 g/mol. The van der Waals surface area contributed by atoms with E-state index < -0.39 is 5.97 Å². The van der Waals surface area contributed by atoms with Gasteiger partial charge in [-0.25, -0.2) is 4.79 Å². The van der Waals surface area contributed by atoms with E-state index in [1.165, 1.54) is 17.2 Å². The standard InChI is InChI=1S/C20H21N3O2.C6H4/c1-15(11-12-17-9-5-6-10-19(17)23-22)7-3-4-8-16(2)13-18(14-21)20(24)25;1-2-6-4-3-5(1)6/h3-13,23H,22H2,1-2H3,(H,24,25);1-4H. The summed E-state index contributed by atoms with van der Waals surface area (Å²) in [6, 6.07) is 17.8. The highest BCUT2D eigenvalue weighted by Crippen LogP contribution is 2.29. The zero-order valence-corrected chi connectivity index (χ0v) is 17.5. The number of nitriles is 1. The topological polar surface area (TPSA) is 99.1 Å². The number of para-hydroxylation sites is 1. The first-order chi connectivity index (χ1) is 14.9. The number of nitrogens with two attached hydrogens (primary N) is 1. The van der Waals surface area contributed by atoms with Gasteiger partial charge in [0, 0.05) is 0 Å². The first kappa shape index (κ1) is 23.1. The predicted molar refractivity (Wildman–Crippen MR) is 127 cm³/mol. The minimum atomic E-state index is -1.23. The van der Waals surface area contributed by atoms with E-state index in [9.17, 15) is 4.79 Å². The minimum Gasteiger partial charge on any atom is -0.477 e. The van der Waals surface area contributed by atoms with Crippen molar-refractivity contribution in [1.82, 2.24) is 0 Å². The zero-order chi connectivity index (χ0) is 22.6. The van der Waals surface area contributed by atoms with Crippen molar-refractivity contribution >= 4 is 17.7 Å². The number of nitrogens with one attached hydrogen (secondary N) is 1. The van der Waals surface area contributed by atoms with Crippen LogP contribution >= 0.6 is 0 Å². The molecule has 0 saturated heterocycles. The maximum atomic E-state index is 10.8. The average Bonchev–Trinajstić information content (AvgIpc) is 2.76. The van der Waals surface area contributed by atoms with Crippen molar-refractivity contribution in [2.24, 2.45) is 5.84 Å². The Morgan fingerprint density at radius 1 is 1.00 bits per heavy atom. The van der Waals surface area contributed by atoms with Crippen LogP contribution in [0.15, 0.2) is 102 Å². The van der Waals surface area contributed by atoms with Gasteiger partial charge in [0.1, 0.15) is 11.6 Å². The van der Waals surface area contributed by atoms with Crippen LogP contribution in [0.5, 0.6) is 0 Å². The van der Waals surface area contributed by atoms with Gasteiger partial charge >= 0.3 is 5.97 Å². The van der Waals surface area contributed by atoms with Gasteiger partial charge in [-0.05, 0) is 48.3 Å². The van der Waals surface area contributed by atoms with Crippen molar-refractivity contribution in [2.45, 2.75) is 13.8 Å². The molecule has 0 heterocycles. The Balaban J connectivity index is 0.000000474. The predicted octanol–water partition coefficient (Wildman–Crippen LogP) is 5.64. The second-order valence-corrected chi connectivity index (χ2v) is 6.82. The highest BCUT2D eigenvalue weighted by Gasteiger charge is 2.04. The first-order valence-electron chi connectivity index (χ1n) is 9.65. The molecule has 1 aromatic carbocycles. The van der Waals surface area contributed by atoms with Gasteiger partial charge < -0.3 is 10.5 Å². The van der Waals surface area contributed by atoms with Crippen molar-refractivity contribution in [3.05, 3.63) is 107 Å². The van der Waals surface area contributed by atoms with E-state index in [0.717, 1.165) is 16.8 Å². The number of allylic oxidation sites excluding steroid dienone is 8. The van der Waals surface area contributed by atoms with Crippen LogP contribution in [-0.4, -0.2) is 11.1 Å². The molecule has 0 fully saturated rings. The van der Waals surface area contributed by atoms with Crippen LogP contribution in [-0.2, 0) is 4.79 Å². The fourth-order valence-corrected chi connectivity index (χ4v) is 2.55. The number of aliphatic carboxylic acids is 1. The van der Waals surface area contributed by atoms with Gasteiger partial charge in [-0.3, -0.25) is 5.84 Å². The molecule has 0 bridgehead atoms. The molecule has 0 aliphatic heterocycles. The van der Waals surface area contributed by atoms with E-state index in [1.54, 1.807) is 25.1 Å². The third kappa shape index (κ3) is 7.32. The molecule has 0 aromatic heterocycles. The van der Waals surface area contributed by atoms with Crippen LogP contribution < -0.4 is 11.3 Å². The van der Waals surface area contributed by atoms with Gasteiger partial charge in [0.05, 0.1) is 5.69 Å². The van der Waals surface area contributed by atoms with E-state index in [0.29, 0.717) is 5.57 Å². The van der Waals surface area contributed by atoms with E-state index in [4.69, 9.17) is 16.2 Å². The lowest BCUT2D eigenvalue weighted by atomic mass is 9.95. The monoisotopic (exact) mass is 411 g/mol. The molecule has 31 heavy (non-hydrogen) atoms. The number of fused-ring (bicyclic) bond motifs is 1. The lowest BCUT2D eigenvalue weighted by molar-refractivity contribution is -0.132. The molecule has 0 spiro atoms. The molecule has 0 unspecified atom stereocenters. The van der Waals surface area contributed by atoms with Gasteiger partial charge in [-0.1, -0.05) is 84.5 Å². The van der Waals surface area contributed by atoms with Crippen molar-refractivity contribution in [1.29, 1.82) is 5.26 Å². The van der Waals surface area contributed by atoms with Crippen LogP contribution in [0.1, 0.15) is 19.4 Å².